The van der Waals surface area contributed by atoms with Crippen LogP contribution in [0.15, 0.2) is 18.6 Å². The molecular weight excluding hydrogens is 228 g/mol. The molecule has 6 nitrogen and oxygen atoms in total. The molecule has 1 saturated heterocycles. The highest BCUT2D eigenvalue weighted by atomic mass is 15.4. The highest BCUT2D eigenvalue weighted by Crippen LogP contribution is 2.21. The van der Waals surface area contributed by atoms with Crippen molar-refractivity contribution in [2.45, 2.75) is 25.3 Å². The molecule has 3 heterocycles. The highest BCUT2D eigenvalue weighted by Gasteiger charge is 2.16. The van der Waals surface area contributed by atoms with Gasteiger partial charge in [-0.1, -0.05) is 5.21 Å². The van der Waals surface area contributed by atoms with Crippen LogP contribution in [0.5, 0.6) is 0 Å². The van der Waals surface area contributed by atoms with Crippen LogP contribution in [0.2, 0.25) is 0 Å². The summed E-state index contributed by atoms with van der Waals surface area (Å²) >= 11 is 0. The first-order valence-corrected chi connectivity index (χ1v) is 6.44. The van der Waals surface area contributed by atoms with Crippen molar-refractivity contribution in [3.63, 3.8) is 0 Å². The second kappa shape index (κ2) is 4.89. The minimum atomic E-state index is 0.470. The molecule has 0 aliphatic carbocycles. The zero-order chi connectivity index (χ0) is 12.4. The number of nitrogens with one attached hydrogen (secondary N) is 1. The summed E-state index contributed by atoms with van der Waals surface area (Å²) in [5.74, 6) is 0. The Morgan fingerprint density at radius 1 is 1.28 bits per heavy atom. The van der Waals surface area contributed by atoms with Crippen LogP contribution >= 0.6 is 0 Å². The van der Waals surface area contributed by atoms with Crippen LogP contribution in [0.4, 0.5) is 0 Å². The van der Waals surface area contributed by atoms with E-state index in [-0.39, 0.29) is 0 Å². The number of rotatable bonds is 2. The standard InChI is InChI=1S/C12H18N6/c1-17-8-10(7-14-17)12-9-18(16-15-12)11-3-2-5-13-6-4-11/h7-9,11,13H,2-6H2,1H3. The molecule has 2 aromatic heterocycles. The van der Waals surface area contributed by atoms with Gasteiger partial charge in [-0.25, -0.2) is 4.68 Å². The fraction of sp³-hybridized carbons (Fsp3) is 0.583. The Kier molecular flexibility index (Phi) is 3.10. The molecule has 6 heteroatoms. The Labute approximate surface area is 106 Å². The van der Waals surface area contributed by atoms with E-state index in [2.05, 4.69) is 20.7 Å². The van der Waals surface area contributed by atoms with Gasteiger partial charge in [-0.15, -0.1) is 5.10 Å². The lowest BCUT2D eigenvalue weighted by atomic mass is 10.1. The number of hydrogen-bond acceptors (Lipinski definition) is 4. The van der Waals surface area contributed by atoms with Gasteiger partial charge < -0.3 is 5.32 Å². The van der Waals surface area contributed by atoms with E-state index in [0.29, 0.717) is 6.04 Å². The van der Waals surface area contributed by atoms with Crippen LogP contribution in [-0.4, -0.2) is 37.9 Å². The predicted molar refractivity (Wildman–Crippen MR) is 68.0 cm³/mol. The Balaban J connectivity index is 1.80. The van der Waals surface area contributed by atoms with E-state index in [9.17, 15) is 0 Å². The third kappa shape index (κ3) is 2.28. The topological polar surface area (TPSA) is 60.6 Å². The number of nitrogens with zero attached hydrogens (tertiary/aromatic N) is 5. The zero-order valence-corrected chi connectivity index (χ0v) is 10.6. The second-order valence-electron chi connectivity index (χ2n) is 4.82. The van der Waals surface area contributed by atoms with Crippen molar-refractivity contribution >= 4 is 0 Å². The molecule has 0 saturated carbocycles. The van der Waals surface area contributed by atoms with Crippen LogP contribution in [0.25, 0.3) is 11.3 Å². The lowest BCUT2D eigenvalue weighted by Crippen LogP contribution is -2.15. The fourth-order valence-corrected chi connectivity index (χ4v) is 2.41. The third-order valence-corrected chi connectivity index (χ3v) is 3.43. The maximum atomic E-state index is 4.27. The molecule has 2 aromatic rings. The minimum Gasteiger partial charge on any atom is -0.317 e. The third-order valence-electron chi connectivity index (χ3n) is 3.43. The van der Waals surface area contributed by atoms with Gasteiger partial charge in [-0.05, 0) is 32.4 Å². The molecule has 0 amide bonds. The average molecular weight is 246 g/mol. The molecule has 1 N–H and O–H groups in total. The molecule has 3 rings (SSSR count). The van der Waals surface area contributed by atoms with Gasteiger partial charge in [-0.3, -0.25) is 4.68 Å². The van der Waals surface area contributed by atoms with Crippen molar-refractivity contribution in [1.29, 1.82) is 0 Å². The number of aryl methyl sites for hydroxylation is 1. The Morgan fingerprint density at radius 2 is 2.22 bits per heavy atom. The van der Waals surface area contributed by atoms with E-state index in [4.69, 9.17) is 0 Å². The van der Waals surface area contributed by atoms with Crippen LogP contribution < -0.4 is 5.32 Å². The zero-order valence-electron chi connectivity index (χ0n) is 10.6. The molecule has 1 aliphatic rings. The van der Waals surface area contributed by atoms with E-state index >= 15 is 0 Å². The smallest absolute Gasteiger partial charge is 0.116 e. The van der Waals surface area contributed by atoms with Crippen molar-refractivity contribution in [3.05, 3.63) is 18.6 Å². The van der Waals surface area contributed by atoms with Gasteiger partial charge in [0.25, 0.3) is 0 Å². The first kappa shape index (κ1) is 11.4. The van der Waals surface area contributed by atoms with E-state index in [0.717, 1.165) is 30.8 Å². The van der Waals surface area contributed by atoms with Gasteiger partial charge in [0.1, 0.15) is 5.69 Å². The quantitative estimate of drug-likeness (QED) is 0.858. The molecule has 18 heavy (non-hydrogen) atoms. The lowest BCUT2D eigenvalue weighted by Gasteiger charge is -2.12. The normalized spacial score (nSPS) is 20.8. The maximum absolute atomic E-state index is 4.27. The first-order chi connectivity index (χ1) is 8.83. The summed E-state index contributed by atoms with van der Waals surface area (Å²) in [7, 11) is 1.91. The molecule has 1 unspecified atom stereocenters. The molecule has 96 valence electrons. The van der Waals surface area contributed by atoms with Gasteiger partial charge in [0.15, 0.2) is 0 Å². The molecule has 0 aromatic carbocycles. The van der Waals surface area contributed by atoms with E-state index in [1.807, 2.05) is 30.3 Å². The summed E-state index contributed by atoms with van der Waals surface area (Å²) in [4.78, 5) is 0. The average Bonchev–Trinajstić information content (AvgIpc) is 2.92. The number of aromatic nitrogens is 5. The summed E-state index contributed by atoms with van der Waals surface area (Å²) in [6, 6.07) is 0.470. The molecule has 0 radical (unpaired) electrons. The van der Waals surface area contributed by atoms with Gasteiger partial charge >= 0.3 is 0 Å². The summed E-state index contributed by atoms with van der Waals surface area (Å²) in [5.41, 5.74) is 1.93. The van der Waals surface area contributed by atoms with Crippen LogP contribution in [-0.2, 0) is 7.05 Å². The summed E-state index contributed by atoms with van der Waals surface area (Å²) in [6.07, 6.45) is 9.31. The summed E-state index contributed by atoms with van der Waals surface area (Å²) in [5, 5.41) is 16.1. The molecule has 1 fully saturated rings. The molecule has 1 atom stereocenters. The second-order valence-corrected chi connectivity index (χ2v) is 4.82. The van der Waals surface area contributed by atoms with Crippen molar-refractivity contribution in [1.82, 2.24) is 30.1 Å². The Morgan fingerprint density at radius 3 is 3.06 bits per heavy atom. The Bertz CT molecular complexity index is 506. The predicted octanol–water partition coefficient (Wildman–Crippen LogP) is 0.993. The summed E-state index contributed by atoms with van der Waals surface area (Å²) in [6.45, 7) is 2.17. The fourth-order valence-electron chi connectivity index (χ4n) is 2.41. The molecule has 1 aliphatic heterocycles. The monoisotopic (exact) mass is 246 g/mol. The van der Waals surface area contributed by atoms with Crippen LogP contribution in [0.1, 0.15) is 25.3 Å². The van der Waals surface area contributed by atoms with Gasteiger partial charge in [0.05, 0.1) is 18.4 Å². The minimum absolute atomic E-state index is 0.470. The van der Waals surface area contributed by atoms with Gasteiger partial charge in [0, 0.05) is 18.8 Å². The lowest BCUT2D eigenvalue weighted by molar-refractivity contribution is 0.405. The van der Waals surface area contributed by atoms with Crippen molar-refractivity contribution in [2.75, 3.05) is 13.1 Å². The van der Waals surface area contributed by atoms with Crippen molar-refractivity contribution < 1.29 is 0 Å². The van der Waals surface area contributed by atoms with Crippen molar-refractivity contribution in [3.8, 4) is 11.3 Å². The van der Waals surface area contributed by atoms with E-state index in [1.54, 1.807) is 4.68 Å². The highest BCUT2D eigenvalue weighted by molar-refractivity contribution is 5.54. The van der Waals surface area contributed by atoms with Crippen molar-refractivity contribution in [2.24, 2.45) is 7.05 Å². The molecule has 0 spiro atoms. The largest absolute Gasteiger partial charge is 0.317 e. The molecule has 0 bridgehead atoms. The van der Waals surface area contributed by atoms with Crippen LogP contribution in [0.3, 0.4) is 0 Å². The van der Waals surface area contributed by atoms with E-state index < -0.39 is 0 Å². The maximum Gasteiger partial charge on any atom is 0.116 e. The molecular formula is C12H18N6. The van der Waals surface area contributed by atoms with Crippen LogP contribution in [0, 0.1) is 0 Å². The van der Waals surface area contributed by atoms with Gasteiger partial charge in [0.2, 0.25) is 0 Å². The Hall–Kier alpha value is -1.69. The van der Waals surface area contributed by atoms with E-state index in [1.165, 1.54) is 12.8 Å². The number of hydrogen-bond donors (Lipinski definition) is 1. The van der Waals surface area contributed by atoms with Gasteiger partial charge in [-0.2, -0.15) is 5.10 Å². The summed E-state index contributed by atoms with van der Waals surface area (Å²) < 4.78 is 3.79. The SMILES string of the molecule is Cn1cc(-c2cn(C3CCCNCC3)nn2)cn1. The first-order valence-electron chi connectivity index (χ1n) is 6.44.